The van der Waals surface area contributed by atoms with Crippen molar-refractivity contribution in [1.82, 2.24) is 10.6 Å². The third-order valence-corrected chi connectivity index (χ3v) is 5.34. The minimum Gasteiger partial charge on any atom is -0.488 e. The third-order valence-electron chi connectivity index (χ3n) is 4.57. The molecule has 3 amide bonds. The predicted molar refractivity (Wildman–Crippen MR) is 124 cm³/mol. The Morgan fingerprint density at radius 1 is 0.844 bits per heavy atom. The molecule has 0 saturated heterocycles. The molecule has 0 aromatic heterocycles. The third kappa shape index (κ3) is 6.42. The summed E-state index contributed by atoms with van der Waals surface area (Å²) < 4.78 is 6.83. The van der Waals surface area contributed by atoms with Crippen molar-refractivity contribution >= 4 is 33.7 Å². The molecule has 0 unspecified atom stereocenters. The average molecular weight is 496 g/mol. The molecule has 0 bridgehead atoms. The number of para-hydroxylation sites is 1. The first-order chi connectivity index (χ1) is 15.4. The topological polar surface area (TPSA) is 111 Å². The second-order valence-corrected chi connectivity index (χ2v) is 7.76. The summed E-state index contributed by atoms with van der Waals surface area (Å²) in [7, 11) is 0. The molecule has 4 N–H and O–H groups in total. The smallest absolute Gasteiger partial charge is 0.255 e. The highest BCUT2D eigenvalue weighted by atomic mass is 79.9. The van der Waals surface area contributed by atoms with Gasteiger partial charge in [0.15, 0.2) is 0 Å². The number of halogens is 1. The SMILES string of the molecule is NC(=O)CNC(=O)c1ccc(CNC(=O)c2ccccc2OCc2ccccc2Br)cc1. The van der Waals surface area contributed by atoms with Gasteiger partial charge in [-0.3, -0.25) is 14.4 Å². The molecule has 0 saturated carbocycles. The highest BCUT2D eigenvalue weighted by Gasteiger charge is 2.13. The Hall–Kier alpha value is -3.65. The number of amides is 3. The van der Waals surface area contributed by atoms with Gasteiger partial charge in [0.25, 0.3) is 11.8 Å². The van der Waals surface area contributed by atoms with E-state index in [4.69, 9.17) is 10.5 Å². The maximum absolute atomic E-state index is 12.7. The number of hydrogen-bond acceptors (Lipinski definition) is 4. The molecule has 0 heterocycles. The fourth-order valence-electron chi connectivity index (χ4n) is 2.87. The number of nitrogens with one attached hydrogen (secondary N) is 2. The number of carbonyl (C=O) groups is 3. The van der Waals surface area contributed by atoms with Gasteiger partial charge in [0.05, 0.1) is 12.1 Å². The van der Waals surface area contributed by atoms with Crippen LogP contribution in [0.1, 0.15) is 31.8 Å². The Kier molecular flexibility index (Phi) is 7.99. The maximum Gasteiger partial charge on any atom is 0.255 e. The number of rotatable bonds is 9. The minimum absolute atomic E-state index is 0.223. The van der Waals surface area contributed by atoms with Gasteiger partial charge in [0.2, 0.25) is 5.91 Å². The van der Waals surface area contributed by atoms with E-state index in [1.807, 2.05) is 30.3 Å². The molecule has 0 aliphatic rings. The summed E-state index contributed by atoms with van der Waals surface area (Å²) in [6.45, 7) is 0.380. The van der Waals surface area contributed by atoms with Gasteiger partial charge in [0.1, 0.15) is 12.4 Å². The van der Waals surface area contributed by atoms with E-state index in [9.17, 15) is 14.4 Å². The van der Waals surface area contributed by atoms with E-state index in [-0.39, 0.29) is 19.0 Å². The summed E-state index contributed by atoms with van der Waals surface area (Å²) in [5, 5.41) is 5.29. The summed E-state index contributed by atoms with van der Waals surface area (Å²) in [6, 6.07) is 21.5. The number of primary amides is 1. The van der Waals surface area contributed by atoms with Crippen molar-refractivity contribution in [1.29, 1.82) is 0 Å². The van der Waals surface area contributed by atoms with Crippen molar-refractivity contribution in [3.05, 3.63) is 99.5 Å². The maximum atomic E-state index is 12.7. The van der Waals surface area contributed by atoms with Crippen molar-refractivity contribution in [2.24, 2.45) is 5.73 Å². The van der Waals surface area contributed by atoms with E-state index < -0.39 is 11.8 Å². The quantitative estimate of drug-likeness (QED) is 0.423. The molecule has 3 aromatic rings. The molecule has 3 aromatic carbocycles. The largest absolute Gasteiger partial charge is 0.488 e. The Labute approximate surface area is 194 Å². The van der Waals surface area contributed by atoms with Crippen LogP contribution in [-0.2, 0) is 17.9 Å². The van der Waals surface area contributed by atoms with E-state index in [1.54, 1.807) is 42.5 Å². The lowest BCUT2D eigenvalue weighted by atomic mass is 10.1. The zero-order chi connectivity index (χ0) is 22.9. The van der Waals surface area contributed by atoms with E-state index >= 15 is 0 Å². The van der Waals surface area contributed by atoms with Crippen LogP contribution in [0.25, 0.3) is 0 Å². The van der Waals surface area contributed by atoms with Crippen LogP contribution < -0.4 is 21.1 Å². The Balaban J connectivity index is 1.59. The number of nitrogens with two attached hydrogens (primary N) is 1. The van der Waals surface area contributed by atoms with Crippen LogP contribution in [0.15, 0.2) is 77.3 Å². The molecule has 0 radical (unpaired) electrons. The van der Waals surface area contributed by atoms with Crippen LogP contribution >= 0.6 is 15.9 Å². The molecule has 0 spiro atoms. The van der Waals surface area contributed by atoms with E-state index in [2.05, 4.69) is 26.6 Å². The van der Waals surface area contributed by atoms with Crippen LogP contribution in [0.5, 0.6) is 5.75 Å². The molecule has 0 atom stereocenters. The van der Waals surface area contributed by atoms with Crippen LogP contribution in [0, 0.1) is 0 Å². The molecule has 8 heteroatoms. The highest BCUT2D eigenvalue weighted by Crippen LogP contribution is 2.22. The molecule has 164 valence electrons. The fourth-order valence-corrected chi connectivity index (χ4v) is 3.27. The first-order valence-electron chi connectivity index (χ1n) is 9.83. The van der Waals surface area contributed by atoms with Crippen LogP contribution in [0.2, 0.25) is 0 Å². The molecule has 7 nitrogen and oxygen atoms in total. The molecule has 0 fully saturated rings. The second-order valence-electron chi connectivity index (χ2n) is 6.90. The zero-order valence-electron chi connectivity index (χ0n) is 17.1. The van der Waals surface area contributed by atoms with Gasteiger partial charge in [-0.2, -0.15) is 0 Å². The van der Waals surface area contributed by atoms with Crippen molar-refractivity contribution in [3.63, 3.8) is 0 Å². The summed E-state index contributed by atoms with van der Waals surface area (Å²) in [6.07, 6.45) is 0. The number of hydrogen-bond donors (Lipinski definition) is 3. The van der Waals surface area contributed by atoms with Gasteiger partial charge >= 0.3 is 0 Å². The van der Waals surface area contributed by atoms with E-state index in [0.717, 1.165) is 15.6 Å². The number of benzene rings is 3. The van der Waals surface area contributed by atoms with Gasteiger partial charge < -0.3 is 21.1 Å². The van der Waals surface area contributed by atoms with Crippen LogP contribution in [0.3, 0.4) is 0 Å². The summed E-state index contributed by atoms with van der Waals surface area (Å²) in [5.41, 5.74) is 7.64. The molecule has 32 heavy (non-hydrogen) atoms. The average Bonchev–Trinajstić information content (AvgIpc) is 2.81. The minimum atomic E-state index is -0.613. The predicted octanol–water partition coefficient (Wildman–Crippen LogP) is 3.17. The van der Waals surface area contributed by atoms with Gasteiger partial charge in [-0.1, -0.05) is 58.4 Å². The summed E-state index contributed by atoms with van der Waals surface area (Å²) in [5.74, 6) is -0.785. The standard InChI is InChI=1S/C24H22BrN3O4/c25-20-7-3-1-5-18(20)15-32-21-8-4-2-6-19(21)24(31)27-13-16-9-11-17(12-10-16)23(30)28-14-22(26)29/h1-12H,13-15H2,(H2,26,29)(H,27,31)(H,28,30). The molecule has 3 rings (SSSR count). The lowest BCUT2D eigenvalue weighted by molar-refractivity contribution is -0.117. The van der Waals surface area contributed by atoms with E-state index in [0.29, 0.717) is 23.5 Å². The number of carbonyl (C=O) groups excluding carboxylic acids is 3. The van der Waals surface area contributed by atoms with Crippen molar-refractivity contribution in [3.8, 4) is 5.75 Å². The lowest BCUT2D eigenvalue weighted by Gasteiger charge is -2.13. The van der Waals surface area contributed by atoms with Crippen molar-refractivity contribution < 1.29 is 19.1 Å². The lowest BCUT2D eigenvalue weighted by Crippen LogP contribution is -2.33. The second kappa shape index (κ2) is 11.1. The first-order valence-corrected chi connectivity index (χ1v) is 10.6. The summed E-state index contributed by atoms with van der Waals surface area (Å²) >= 11 is 3.49. The molecular formula is C24H22BrN3O4. The fraction of sp³-hybridized carbons (Fsp3) is 0.125. The van der Waals surface area contributed by atoms with Crippen LogP contribution in [-0.4, -0.2) is 24.3 Å². The van der Waals surface area contributed by atoms with Gasteiger partial charge in [-0.05, 0) is 35.9 Å². The van der Waals surface area contributed by atoms with Gasteiger partial charge in [0, 0.05) is 22.1 Å². The van der Waals surface area contributed by atoms with E-state index in [1.165, 1.54) is 0 Å². The molecule has 0 aliphatic heterocycles. The number of ether oxygens (including phenoxy) is 1. The Morgan fingerprint density at radius 3 is 2.25 bits per heavy atom. The summed E-state index contributed by atoms with van der Waals surface area (Å²) in [4.78, 5) is 35.4. The monoisotopic (exact) mass is 495 g/mol. The normalized spacial score (nSPS) is 10.3. The van der Waals surface area contributed by atoms with Crippen LogP contribution in [0.4, 0.5) is 0 Å². The van der Waals surface area contributed by atoms with Crippen molar-refractivity contribution in [2.45, 2.75) is 13.2 Å². The van der Waals surface area contributed by atoms with Crippen molar-refractivity contribution in [2.75, 3.05) is 6.54 Å². The molecule has 0 aliphatic carbocycles. The van der Waals surface area contributed by atoms with Gasteiger partial charge in [-0.15, -0.1) is 0 Å². The highest BCUT2D eigenvalue weighted by molar-refractivity contribution is 9.10. The Bertz CT molecular complexity index is 1120. The van der Waals surface area contributed by atoms with Gasteiger partial charge in [-0.25, -0.2) is 0 Å². The first kappa shape index (κ1) is 23.0. The zero-order valence-corrected chi connectivity index (χ0v) is 18.7. The molecular weight excluding hydrogens is 474 g/mol. The Morgan fingerprint density at radius 2 is 1.53 bits per heavy atom.